The number of nitrogens with zero attached hydrogens (tertiary/aromatic N) is 2. The van der Waals surface area contributed by atoms with Crippen LogP contribution in [0, 0.1) is 0 Å². The van der Waals surface area contributed by atoms with Gasteiger partial charge in [-0.1, -0.05) is 6.07 Å². The molecule has 31 heavy (non-hydrogen) atoms. The molecular weight excluding hydrogens is 507 g/mol. The average Bonchev–Trinajstić information content (AvgIpc) is 3.28. The van der Waals surface area contributed by atoms with Gasteiger partial charge < -0.3 is 24.8 Å². The Labute approximate surface area is 204 Å². The molecule has 0 radical (unpaired) electrons. The molecule has 1 saturated heterocycles. The van der Waals surface area contributed by atoms with Crippen molar-refractivity contribution in [3.8, 4) is 11.5 Å². The first kappa shape index (κ1) is 26.0. The monoisotopic (exact) mass is 546 g/mol. The van der Waals surface area contributed by atoms with Gasteiger partial charge in [-0.05, 0) is 57.2 Å². The van der Waals surface area contributed by atoms with Gasteiger partial charge in [0.25, 0.3) is 0 Å². The molecular formula is C23H39IN4O3. The van der Waals surface area contributed by atoms with Crippen LogP contribution in [0.5, 0.6) is 11.5 Å². The van der Waals surface area contributed by atoms with E-state index in [1.54, 1.807) is 14.2 Å². The van der Waals surface area contributed by atoms with Gasteiger partial charge in [0.15, 0.2) is 17.5 Å². The van der Waals surface area contributed by atoms with E-state index >= 15 is 0 Å². The summed E-state index contributed by atoms with van der Waals surface area (Å²) in [6.07, 6.45) is 5.05. The number of guanidine groups is 1. The Balaban J connectivity index is 0.00000341. The molecule has 1 aromatic carbocycles. The molecule has 1 heterocycles. The minimum Gasteiger partial charge on any atom is -0.493 e. The van der Waals surface area contributed by atoms with Crippen molar-refractivity contribution in [2.24, 2.45) is 4.99 Å². The van der Waals surface area contributed by atoms with E-state index in [-0.39, 0.29) is 29.5 Å². The van der Waals surface area contributed by atoms with Crippen LogP contribution in [0.3, 0.4) is 0 Å². The van der Waals surface area contributed by atoms with Crippen LogP contribution in [-0.2, 0) is 11.3 Å². The fourth-order valence-corrected chi connectivity index (χ4v) is 4.10. The minimum absolute atomic E-state index is 0. The summed E-state index contributed by atoms with van der Waals surface area (Å²) in [6.45, 7) is 9.54. The number of halogens is 1. The first-order valence-electron chi connectivity index (χ1n) is 11.1. The zero-order valence-electron chi connectivity index (χ0n) is 19.4. The van der Waals surface area contributed by atoms with E-state index in [0.29, 0.717) is 12.6 Å². The van der Waals surface area contributed by atoms with Gasteiger partial charge in [0.2, 0.25) is 0 Å². The van der Waals surface area contributed by atoms with Gasteiger partial charge >= 0.3 is 0 Å². The van der Waals surface area contributed by atoms with Gasteiger partial charge in [0.1, 0.15) is 0 Å². The second-order valence-corrected chi connectivity index (χ2v) is 8.70. The van der Waals surface area contributed by atoms with Crippen LogP contribution in [-0.4, -0.2) is 69.5 Å². The van der Waals surface area contributed by atoms with E-state index in [1.165, 1.54) is 12.8 Å². The normalized spacial score (nSPS) is 18.4. The van der Waals surface area contributed by atoms with Crippen molar-refractivity contribution in [2.75, 3.05) is 47.0 Å². The van der Waals surface area contributed by atoms with Crippen LogP contribution >= 0.6 is 24.0 Å². The standard InChI is InChI=1S/C23H38N4O3.HI/c1-23(2,27-11-13-29-14-12-27)17-26-22(24-3)25-16-18-9-10-20(28-4)21(15-18)30-19-7-5-6-8-19;/h9-10,15,19H,5-8,11-14,16-17H2,1-4H3,(H2,24,25,26);1H. The Hall–Kier alpha value is -1.26. The van der Waals surface area contributed by atoms with E-state index in [0.717, 1.165) is 68.7 Å². The highest BCUT2D eigenvalue weighted by Gasteiger charge is 2.28. The number of morpholine rings is 1. The topological polar surface area (TPSA) is 67.4 Å². The molecule has 2 fully saturated rings. The number of benzene rings is 1. The van der Waals surface area contributed by atoms with E-state index in [9.17, 15) is 0 Å². The predicted molar refractivity (Wildman–Crippen MR) is 136 cm³/mol. The van der Waals surface area contributed by atoms with Gasteiger partial charge in [-0.2, -0.15) is 0 Å². The fourth-order valence-electron chi connectivity index (χ4n) is 4.10. The van der Waals surface area contributed by atoms with Gasteiger partial charge in [-0.15, -0.1) is 24.0 Å². The van der Waals surface area contributed by atoms with Crippen LogP contribution in [0.4, 0.5) is 0 Å². The molecule has 0 unspecified atom stereocenters. The molecule has 0 spiro atoms. The summed E-state index contributed by atoms with van der Waals surface area (Å²) in [7, 11) is 3.50. The molecule has 3 rings (SSSR count). The Morgan fingerprint density at radius 3 is 2.52 bits per heavy atom. The quantitative estimate of drug-likeness (QED) is 0.296. The summed E-state index contributed by atoms with van der Waals surface area (Å²) in [6, 6.07) is 6.13. The van der Waals surface area contributed by atoms with E-state index in [4.69, 9.17) is 14.2 Å². The molecule has 0 aromatic heterocycles. The SMILES string of the molecule is CN=C(NCc1ccc(OC)c(OC2CCCC2)c1)NCC(C)(C)N1CCOCC1.I. The lowest BCUT2D eigenvalue weighted by atomic mass is 10.0. The molecule has 7 nitrogen and oxygen atoms in total. The molecule has 176 valence electrons. The van der Waals surface area contributed by atoms with Gasteiger partial charge in [0, 0.05) is 38.8 Å². The number of ether oxygens (including phenoxy) is 3. The van der Waals surface area contributed by atoms with Crippen molar-refractivity contribution in [2.45, 2.75) is 57.7 Å². The molecule has 1 aliphatic heterocycles. The van der Waals surface area contributed by atoms with Crippen molar-refractivity contribution < 1.29 is 14.2 Å². The zero-order chi connectivity index (χ0) is 21.4. The van der Waals surface area contributed by atoms with Crippen LogP contribution in [0.25, 0.3) is 0 Å². The highest BCUT2D eigenvalue weighted by atomic mass is 127. The summed E-state index contributed by atoms with van der Waals surface area (Å²) in [5.41, 5.74) is 1.17. The third kappa shape index (κ3) is 7.68. The molecule has 2 aliphatic rings. The lowest BCUT2D eigenvalue weighted by molar-refractivity contribution is -0.00834. The van der Waals surface area contributed by atoms with Crippen molar-refractivity contribution in [1.82, 2.24) is 15.5 Å². The molecule has 0 atom stereocenters. The number of nitrogens with one attached hydrogen (secondary N) is 2. The van der Waals surface area contributed by atoms with Gasteiger partial charge in [-0.3, -0.25) is 9.89 Å². The first-order valence-corrected chi connectivity index (χ1v) is 11.1. The number of rotatable bonds is 8. The van der Waals surface area contributed by atoms with Crippen LogP contribution in [0.2, 0.25) is 0 Å². The third-order valence-electron chi connectivity index (χ3n) is 6.06. The second-order valence-electron chi connectivity index (χ2n) is 8.70. The fraction of sp³-hybridized carbons (Fsp3) is 0.696. The van der Waals surface area contributed by atoms with Crippen LogP contribution < -0.4 is 20.1 Å². The Kier molecular flexibility index (Phi) is 10.6. The molecule has 2 N–H and O–H groups in total. The van der Waals surface area contributed by atoms with Crippen molar-refractivity contribution >= 4 is 29.9 Å². The molecule has 8 heteroatoms. The highest BCUT2D eigenvalue weighted by molar-refractivity contribution is 14.0. The van der Waals surface area contributed by atoms with E-state index in [1.807, 2.05) is 6.07 Å². The maximum Gasteiger partial charge on any atom is 0.191 e. The maximum atomic E-state index is 6.22. The zero-order valence-corrected chi connectivity index (χ0v) is 21.7. The van der Waals surface area contributed by atoms with Crippen molar-refractivity contribution in [3.63, 3.8) is 0 Å². The molecule has 0 bridgehead atoms. The third-order valence-corrected chi connectivity index (χ3v) is 6.06. The van der Waals surface area contributed by atoms with E-state index < -0.39 is 0 Å². The Bertz CT molecular complexity index is 702. The summed E-state index contributed by atoms with van der Waals surface area (Å²) in [5.74, 6) is 2.42. The van der Waals surface area contributed by atoms with Crippen LogP contribution in [0.15, 0.2) is 23.2 Å². The minimum atomic E-state index is 0. The smallest absolute Gasteiger partial charge is 0.191 e. The van der Waals surface area contributed by atoms with Crippen molar-refractivity contribution in [3.05, 3.63) is 23.8 Å². The summed E-state index contributed by atoms with van der Waals surface area (Å²) < 4.78 is 17.2. The van der Waals surface area contributed by atoms with E-state index in [2.05, 4.69) is 46.5 Å². The summed E-state index contributed by atoms with van der Waals surface area (Å²) >= 11 is 0. The molecule has 1 saturated carbocycles. The van der Waals surface area contributed by atoms with Crippen molar-refractivity contribution in [1.29, 1.82) is 0 Å². The largest absolute Gasteiger partial charge is 0.493 e. The average molecular weight is 546 g/mol. The second kappa shape index (κ2) is 12.7. The summed E-state index contributed by atoms with van der Waals surface area (Å²) in [5, 5.41) is 6.89. The molecule has 0 amide bonds. The Morgan fingerprint density at radius 1 is 1.16 bits per heavy atom. The highest BCUT2D eigenvalue weighted by Crippen LogP contribution is 2.32. The maximum absolute atomic E-state index is 6.22. The van der Waals surface area contributed by atoms with Gasteiger partial charge in [0.05, 0.1) is 26.4 Å². The predicted octanol–water partition coefficient (Wildman–Crippen LogP) is 3.41. The number of hydrogen-bond acceptors (Lipinski definition) is 5. The van der Waals surface area contributed by atoms with Crippen LogP contribution in [0.1, 0.15) is 45.1 Å². The first-order chi connectivity index (χ1) is 14.5. The van der Waals surface area contributed by atoms with Gasteiger partial charge in [-0.25, -0.2) is 0 Å². The Morgan fingerprint density at radius 2 is 1.87 bits per heavy atom. The lowest BCUT2D eigenvalue weighted by Gasteiger charge is -2.41. The summed E-state index contributed by atoms with van der Waals surface area (Å²) in [4.78, 5) is 6.85. The number of hydrogen-bond donors (Lipinski definition) is 2. The number of aliphatic imine (C=N–C) groups is 1. The lowest BCUT2D eigenvalue weighted by Crippen LogP contribution is -2.56. The number of methoxy groups -OCH3 is 1. The molecule has 1 aromatic rings. The molecule has 1 aliphatic carbocycles.